The van der Waals surface area contributed by atoms with Crippen molar-refractivity contribution in [2.75, 3.05) is 6.61 Å². The molecule has 2 fully saturated rings. The molecule has 0 bridgehead atoms. The van der Waals surface area contributed by atoms with Gasteiger partial charge < -0.3 is 24.2 Å². The molecule has 2 aliphatic rings. The van der Waals surface area contributed by atoms with E-state index in [9.17, 15) is 9.90 Å². The Kier molecular flexibility index (Phi) is 4.42. The van der Waals surface area contributed by atoms with Gasteiger partial charge in [0.2, 0.25) is 5.91 Å². The van der Waals surface area contributed by atoms with Gasteiger partial charge in [0.15, 0.2) is 6.29 Å². The van der Waals surface area contributed by atoms with Crippen LogP contribution >= 0.6 is 0 Å². The summed E-state index contributed by atoms with van der Waals surface area (Å²) < 4.78 is 17.7. The van der Waals surface area contributed by atoms with Crippen LogP contribution in [0.1, 0.15) is 26.3 Å². The first-order valence-electron chi connectivity index (χ1n) is 7.83. The SMILES string of the molecule is CC(=O)N1C2[C@@H](OC1(C)C)[C@H](OCc1ccccc1)O[C@@H]2CO. The molecule has 4 atom stereocenters. The number of nitrogens with zero attached hydrogens (tertiary/aromatic N) is 1. The molecule has 23 heavy (non-hydrogen) atoms. The summed E-state index contributed by atoms with van der Waals surface area (Å²) in [6.07, 6.45) is -1.53. The third-order valence-corrected chi connectivity index (χ3v) is 4.37. The van der Waals surface area contributed by atoms with Crippen molar-refractivity contribution in [2.45, 2.75) is 57.6 Å². The first kappa shape index (κ1) is 16.4. The van der Waals surface area contributed by atoms with Crippen molar-refractivity contribution >= 4 is 5.91 Å². The maximum Gasteiger partial charge on any atom is 0.222 e. The second kappa shape index (κ2) is 6.20. The second-order valence-corrected chi connectivity index (χ2v) is 6.43. The van der Waals surface area contributed by atoms with E-state index >= 15 is 0 Å². The summed E-state index contributed by atoms with van der Waals surface area (Å²) in [6.45, 7) is 5.39. The van der Waals surface area contributed by atoms with E-state index in [0.717, 1.165) is 5.56 Å². The van der Waals surface area contributed by atoms with Gasteiger partial charge in [-0.15, -0.1) is 0 Å². The molecule has 2 heterocycles. The van der Waals surface area contributed by atoms with E-state index in [1.165, 1.54) is 6.92 Å². The molecule has 126 valence electrons. The van der Waals surface area contributed by atoms with Crippen molar-refractivity contribution in [1.82, 2.24) is 4.90 Å². The minimum Gasteiger partial charge on any atom is -0.394 e. The van der Waals surface area contributed by atoms with Crippen LogP contribution in [0.4, 0.5) is 0 Å². The van der Waals surface area contributed by atoms with Crippen molar-refractivity contribution in [1.29, 1.82) is 0 Å². The molecule has 1 aromatic rings. The number of carbonyl (C=O) groups is 1. The van der Waals surface area contributed by atoms with E-state index in [0.29, 0.717) is 6.61 Å². The largest absolute Gasteiger partial charge is 0.394 e. The highest BCUT2D eigenvalue weighted by Crippen LogP contribution is 2.41. The number of hydrogen-bond acceptors (Lipinski definition) is 5. The van der Waals surface area contributed by atoms with Gasteiger partial charge in [0, 0.05) is 6.92 Å². The average molecular weight is 321 g/mol. The maximum atomic E-state index is 12.0. The number of amides is 1. The molecule has 0 aromatic heterocycles. The van der Waals surface area contributed by atoms with Gasteiger partial charge in [-0.3, -0.25) is 4.79 Å². The maximum absolute atomic E-state index is 12.0. The van der Waals surface area contributed by atoms with Gasteiger partial charge in [0.1, 0.15) is 17.9 Å². The molecule has 0 saturated carbocycles. The molecular formula is C17H23NO5. The number of aliphatic hydroxyl groups excluding tert-OH is 1. The monoisotopic (exact) mass is 321 g/mol. The van der Waals surface area contributed by atoms with Gasteiger partial charge in [-0.2, -0.15) is 0 Å². The third kappa shape index (κ3) is 2.99. The minimum absolute atomic E-state index is 0.103. The molecule has 3 rings (SSSR count). The fourth-order valence-electron chi connectivity index (χ4n) is 3.52. The predicted molar refractivity (Wildman–Crippen MR) is 82.2 cm³/mol. The number of hydrogen-bond donors (Lipinski definition) is 1. The second-order valence-electron chi connectivity index (χ2n) is 6.43. The van der Waals surface area contributed by atoms with Crippen LogP contribution in [0.3, 0.4) is 0 Å². The summed E-state index contributed by atoms with van der Waals surface area (Å²) in [7, 11) is 0. The highest BCUT2D eigenvalue weighted by atomic mass is 16.7. The third-order valence-electron chi connectivity index (χ3n) is 4.37. The van der Waals surface area contributed by atoms with Crippen LogP contribution < -0.4 is 0 Å². The highest BCUT2D eigenvalue weighted by molar-refractivity contribution is 5.75. The minimum atomic E-state index is -0.743. The van der Waals surface area contributed by atoms with Crippen LogP contribution in [0.15, 0.2) is 30.3 Å². The quantitative estimate of drug-likeness (QED) is 0.904. The highest BCUT2D eigenvalue weighted by Gasteiger charge is 2.59. The Morgan fingerprint density at radius 3 is 2.65 bits per heavy atom. The van der Waals surface area contributed by atoms with Crippen molar-refractivity contribution in [2.24, 2.45) is 0 Å². The van der Waals surface area contributed by atoms with Crippen LogP contribution in [-0.2, 0) is 25.6 Å². The normalized spacial score (nSPS) is 32.1. The summed E-state index contributed by atoms with van der Waals surface area (Å²) in [4.78, 5) is 13.7. The number of aliphatic hydroxyl groups is 1. The zero-order valence-electron chi connectivity index (χ0n) is 13.6. The molecule has 2 aliphatic heterocycles. The topological polar surface area (TPSA) is 68.2 Å². The van der Waals surface area contributed by atoms with E-state index in [1.807, 2.05) is 44.2 Å². The molecule has 1 unspecified atom stereocenters. The Hall–Kier alpha value is -1.47. The van der Waals surface area contributed by atoms with Gasteiger partial charge >= 0.3 is 0 Å². The van der Waals surface area contributed by atoms with Crippen LogP contribution in [-0.4, -0.2) is 52.8 Å². The average Bonchev–Trinajstić information content (AvgIpc) is 2.97. The van der Waals surface area contributed by atoms with Gasteiger partial charge in [-0.25, -0.2) is 0 Å². The fourth-order valence-corrected chi connectivity index (χ4v) is 3.52. The summed E-state index contributed by atoms with van der Waals surface area (Å²) >= 11 is 0. The van der Waals surface area contributed by atoms with Crippen molar-refractivity contribution in [3.8, 4) is 0 Å². The summed E-state index contributed by atoms with van der Waals surface area (Å²) in [5.41, 5.74) is 0.285. The van der Waals surface area contributed by atoms with E-state index in [2.05, 4.69) is 0 Å². The van der Waals surface area contributed by atoms with Crippen LogP contribution in [0.5, 0.6) is 0 Å². The Morgan fingerprint density at radius 2 is 2.04 bits per heavy atom. The van der Waals surface area contributed by atoms with Gasteiger partial charge in [-0.1, -0.05) is 30.3 Å². The number of benzene rings is 1. The van der Waals surface area contributed by atoms with E-state index in [-0.39, 0.29) is 18.6 Å². The molecule has 6 nitrogen and oxygen atoms in total. The standard InChI is InChI=1S/C17H23NO5/c1-11(20)18-14-13(9-19)22-16(15(14)23-17(18,2)3)21-10-12-7-5-4-6-8-12/h4-8,13-16,19H,9-10H2,1-3H3/t13-,14?,15-,16-/m1/s1. The first-order chi connectivity index (χ1) is 10.9. The van der Waals surface area contributed by atoms with Crippen LogP contribution in [0.2, 0.25) is 0 Å². The fraction of sp³-hybridized carbons (Fsp3) is 0.588. The molecule has 0 aliphatic carbocycles. The molecular weight excluding hydrogens is 298 g/mol. The molecule has 2 saturated heterocycles. The van der Waals surface area contributed by atoms with Gasteiger partial charge in [0.25, 0.3) is 0 Å². The van der Waals surface area contributed by atoms with Crippen LogP contribution in [0, 0.1) is 0 Å². The molecule has 1 aromatic carbocycles. The van der Waals surface area contributed by atoms with E-state index < -0.39 is 24.2 Å². The number of carbonyl (C=O) groups excluding carboxylic acids is 1. The Morgan fingerprint density at radius 1 is 1.35 bits per heavy atom. The van der Waals surface area contributed by atoms with Gasteiger partial charge in [-0.05, 0) is 19.4 Å². The Balaban J connectivity index is 1.76. The predicted octanol–water partition coefficient (Wildman–Crippen LogP) is 1.27. The summed E-state index contributed by atoms with van der Waals surface area (Å²) in [6, 6.07) is 9.43. The molecule has 1 N–H and O–H groups in total. The lowest BCUT2D eigenvalue weighted by atomic mass is 10.1. The van der Waals surface area contributed by atoms with Crippen molar-refractivity contribution in [3.05, 3.63) is 35.9 Å². The zero-order valence-corrected chi connectivity index (χ0v) is 13.6. The summed E-state index contributed by atoms with van der Waals surface area (Å²) in [5.74, 6) is -0.103. The summed E-state index contributed by atoms with van der Waals surface area (Å²) in [5, 5.41) is 9.61. The lowest BCUT2D eigenvalue weighted by Crippen LogP contribution is -2.51. The van der Waals surface area contributed by atoms with Crippen LogP contribution in [0.25, 0.3) is 0 Å². The van der Waals surface area contributed by atoms with Crippen molar-refractivity contribution < 1.29 is 24.1 Å². The smallest absolute Gasteiger partial charge is 0.222 e. The molecule has 1 amide bonds. The van der Waals surface area contributed by atoms with E-state index in [1.54, 1.807) is 4.90 Å². The number of fused-ring (bicyclic) bond motifs is 1. The number of rotatable bonds is 4. The molecule has 0 radical (unpaired) electrons. The Labute approximate surface area is 135 Å². The lowest BCUT2D eigenvalue weighted by Gasteiger charge is -2.34. The number of ether oxygens (including phenoxy) is 3. The first-order valence-corrected chi connectivity index (χ1v) is 7.83. The molecule has 6 heteroatoms. The van der Waals surface area contributed by atoms with E-state index in [4.69, 9.17) is 14.2 Å². The molecule has 0 spiro atoms. The Bertz CT molecular complexity index is 561. The zero-order chi connectivity index (χ0) is 16.6. The van der Waals surface area contributed by atoms with Crippen molar-refractivity contribution in [3.63, 3.8) is 0 Å². The van der Waals surface area contributed by atoms with Gasteiger partial charge in [0.05, 0.1) is 19.3 Å². The lowest BCUT2D eigenvalue weighted by molar-refractivity contribution is -0.215.